The zero-order chi connectivity index (χ0) is 31.0. The summed E-state index contributed by atoms with van der Waals surface area (Å²) < 4.78 is 16.3. The molecule has 1 aromatic carbocycles. The largest absolute Gasteiger partial charge is 0.444 e. The fourth-order valence-corrected chi connectivity index (χ4v) is 5.52. The Balaban J connectivity index is 1.23. The Bertz CT molecular complexity index is 1280. The summed E-state index contributed by atoms with van der Waals surface area (Å²) in [6, 6.07) is 11.2. The molecule has 1 aromatic heterocycles. The molecule has 2 bridgehead atoms. The van der Waals surface area contributed by atoms with Crippen molar-refractivity contribution in [1.29, 1.82) is 0 Å². The molecule has 3 fully saturated rings. The first kappa shape index (κ1) is 30.6. The van der Waals surface area contributed by atoms with Crippen molar-refractivity contribution in [2.45, 2.75) is 104 Å². The molecule has 43 heavy (non-hydrogen) atoms. The van der Waals surface area contributed by atoms with Crippen LogP contribution in [-0.4, -0.2) is 63.4 Å². The Morgan fingerprint density at radius 1 is 1.05 bits per heavy atom. The van der Waals surface area contributed by atoms with Crippen LogP contribution in [0.5, 0.6) is 0 Å². The summed E-state index contributed by atoms with van der Waals surface area (Å²) in [5, 5.41) is 14.1. The topological polar surface area (TPSA) is 148 Å². The Kier molecular flexibility index (Phi) is 8.32. The number of hydroxylamine groups is 2. The summed E-state index contributed by atoms with van der Waals surface area (Å²) in [6.07, 6.45) is 0.354. The van der Waals surface area contributed by atoms with Crippen molar-refractivity contribution < 1.29 is 33.2 Å². The van der Waals surface area contributed by atoms with Crippen LogP contribution in [-0.2, 0) is 27.5 Å². The molecule has 2 aliphatic heterocycles. The maximum absolute atomic E-state index is 13.5. The van der Waals surface area contributed by atoms with Crippen LogP contribution >= 0.6 is 0 Å². The quantitative estimate of drug-likeness (QED) is 0.353. The van der Waals surface area contributed by atoms with Crippen LogP contribution in [0.1, 0.15) is 83.9 Å². The van der Waals surface area contributed by atoms with E-state index in [9.17, 15) is 14.4 Å². The average Bonchev–Trinajstić information content (AvgIpc) is 3.39. The highest BCUT2D eigenvalue weighted by molar-refractivity contribution is 5.77. The van der Waals surface area contributed by atoms with Gasteiger partial charge >= 0.3 is 18.2 Å². The minimum Gasteiger partial charge on any atom is -0.444 e. The molecular formula is C30H42N6O7. The number of nitrogens with zero attached hydrogens (tertiary/aromatic N) is 3. The number of fused-ring (bicyclic) bond motifs is 3. The van der Waals surface area contributed by atoms with Crippen molar-refractivity contribution in [2.24, 2.45) is 5.41 Å². The summed E-state index contributed by atoms with van der Waals surface area (Å²) in [5.41, 5.74) is 0.196. The van der Waals surface area contributed by atoms with E-state index in [1.807, 2.05) is 35.2 Å². The van der Waals surface area contributed by atoms with Gasteiger partial charge in [0.05, 0.1) is 18.6 Å². The maximum atomic E-state index is 13.5. The molecule has 1 spiro atoms. The normalized spacial score (nSPS) is 20.9. The fourth-order valence-electron chi connectivity index (χ4n) is 5.52. The van der Waals surface area contributed by atoms with Gasteiger partial charge < -0.3 is 18.9 Å². The van der Waals surface area contributed by atoms with Crippen LogP contribution in [0.4, 0.5) is 14.4 Å². The van der Waals surface area contributed by atoms with Crippen LogP contribution in [0, 0.1) is 5.41 Å². The highest BCUT2D eigenvalue weighted by Gasteiger charge is 2.63. The van der Waals surface area contributed by atoms with E-state index in [1.165, 1.54) is 0 Å². The lowest BCUT2D eigenvalue weighted by Crippen LogP contribution is -2.57. The van der Waals surface area contributed by atoms with Gasteiger partial charge in [0.15, 0.2) is 12.0 Å². The molecule has 0 radical (unpaired) electrons. The van der Waals surface area contributed by atoms with E-state index in [0.29, 0.717) is 24.6 Å². The van der Waals surface area contributed by atoms with Crippen LogP contribution in [0.2, 0.25) is 0 Å². The number of piperidine rings is 1. The molecule has 13 heteroatoms. The van der Waals surface area contributed by atoms with Crippen molar-refractivity contribution in [3.05, 3.63) is 53.4 Å². The lowest BCUT2D eigenvalue weighted by molar-refractivity contribution is -0.153. The molecule has 2 saturated heterocycles. The number of hydrogen-bond acceptors (Lipinski definition) is 9. The van der Waals surface area contributed by atoms with Crippen molar-refractivity contribution in [3.63, 3.8) is 0 Å². The highest BCUT2D eigenvalue weighted by Crippen LogP contribution is 2.61. The zero-order valence-electron chi connectivity index (χ0n) is 25.6. The van der Waals surface area contributed by atoms with E-state index in [1.54, 1.807) is 52.7 Å². The van der Waals surface area contributed by atoms with E-state index in [-0.39, 0.29) is 30.1 Å². The molecular weight excluding hydrogens is 556 g/mol. The lowest BCUT2D eigenvalue weighted by Gasteiger charge is -2.35. The molecule has 1 saturated carbocycles. The van der Waals surface area contributed by atoms with Gasteiger partial charge in [-0.2, -0.15) is 5.06 Å². The van der Waals surface area contributed by atoms with Gasteiger partial charge in [-0.15, -0.1) is 0 Å². The number of carbonyl (C=O) groups excluding carboxylic acids is 3. The molecule has 234 valence electrons. The highest BCUT2D eigenvalue weighted by atomic mass is 16.7. The van der Waals surface area contributed by atoms with Crippen molar-refractivity contribution in [2.75, 3.05) is 6.54 Å². The first-order valence-corrected chi connectivity index (χ1v) is 14.7. The molecule has 4 amide bonds. The minimum atomic E-state index is -1.03. The summed E-state index contributed by atoms with van der Waals surface area (Å²) in [4.78, 5) is 46.2. The maximum Gasteiger partial charge on any atom is 0.410 e. The minimum absolute atomic E-state index is 0.00114. The smallest absolute Gasteiger partial charge is 0.410 e. The first-order chi connectivity index (χ1) is 20.2. The average molecular weight is 599 g/mol. The Hall–Kier alpha value is -3.84. The molecule has 5 rings (SSSR count). The second-order valence-corrected chi connectivity index (χ2v) is 13.4. The monoisotopic (exact) mass is 598 g/mol. The van der Waals surface area contributed by atoms with E-state index < -0.39 is 29.7 Å². The van der Waals surface area contributed by atoms with Crippen LogP contribution in [0.25, 0.3) is 0 Å². The summed E-state index contributed by atoms with van der Waals surface area (Å²) >= 11 is 0. The van der Waals surface area contributed by atoms with Gasteiger partial charge in [0.25, 0.3) is 0 Å². The van der Waals surface area contributed by atoms with Gasteiger partial charge in [0, 0.05) is 12.6 Å². The van der Waals surface area contributed by atoms with Crippen molar-refractivity contribution in [3.8, 4) is 0 Å². The van der Waals surface area contributed by atoms with Gasteiger partial charge in [-0.05, 0) is 71.8 Å². The third-order valence-corrected chi connectivity index (χ3v) is 7.60. The number of aromatic nitrogens is 1. The Morgan fingerprint density at radius 3 is 2.26 bits per heavy atom. The van der Waals surface area contributed by atoms with Crippen molar-refractivity contribution >= 4 is 18.2 Å². The fraction of sp³-hybridized carbons (Fsp3) is 0.600. The van der Waals surface area contributed by atoms with Gasteiger partial charge in [0.1, 0.15) is 23.5 Å². The number of urea groups is 1. The molecule has 3 aliphatic rings. The summed E-state index contributed by atoms with van der Waals surface area (Å²) in [5.74, 6) is 0.466. The molecule has 13 nitrogen and oxygen atoms in total. The first-order valence-electron chi connectivity index (χ1n) is 14.7. The molecule has 3 heterocycles. The predicted molar refractivity (Wildman–Crippen MR) is 154 cm³/mol. The van der Waals surface area contributed by atoms with Crippen LogP contribution in [0.3, 0.4) is 0 Å². The van der Waals surface area contributed by atoms with Gasteiger partial charge in [0.2, 0.25) is 0 Å². The molecule has 2 aromatic rings. The summed E-state index contributed by atoms with van der Waals surface area (Å²) in [7, 11) is 0. The van der Waals surface area contributed by atoms with E-state index >= 15 is 0 Å². The van der Waals surface area contributed by atoms with Crippen LogP contribution < -0.4 is 16.0 Å². The van der Waals surface area contributed by atoms with Gasteiger partial charge in [-0.1, -0.05) is 35.5 Å². The Labute approximate surface area is 251 Å². The number of alkyl carbamates (subject to hydrolysis) is 2. The number of carbonyl (C=O) groups is 3. The molecule has 2 atom stereocenters. The second-order valence-electron chi connectivity index (χ2n) is 13.4. The SMILES string of the molecule is CC(C)(C)OC(=O)NC(NCc1cc([C@@H]2CC3(CC3)[C@H]3CN2C(=O)N3OCc2ccccc2)no1)NC(=O)OC(C)(C)C. The van der Waals surface area contributed by atoms with Gasteiger partial charge in [-0.25, -0.2) is 14.4 Å². The van der Waals surface area contributed by atoms with E-state index in [0.717, 1.165) is 24.8 Å². The summed E-state index contributed by atoms with van der Waals surface area (Å²) in [6.45, 7) is 11.5. The third-order valence-electron chi connectivity index (χ3n) is 7.60. The number of amides is 4. The van der Waals surface area contributed by atoms with Crippen LogP contribution in [0.15, 0.2) is 40.9 Å². The van der Waals surface area contributed by atoms with E-state index in [4.69, 9.17) is 18.8 Å². The zero-order valence-corrected chi connectivity index (χ0v) is 25.6. The number of rotatable bonds is 9. The predicted octanol–water partition coefficient (Wildman–Crippen LogP) is 4.56. The number of benzene rings is 1. The number of hydrogen-bond donors (Lipinski definition) is 3. The molecule has 3 N–H and O–H groups in total. The number of ether oxygens (including phenoxy) is 2. The number of nitrogens with one attached hydrogen (secondary N) is 3. The van der Waals surface area contributed by atoms with Gasteiger partial charge in [-0.3, -0.25) is 20.8 Å². The standard InChI is InChI=1S/C30H42N6O7/c1-28(2,3)41-25(37)32-24(33-26(38)42-29(4,5)6)31-16-20-14-21(34-43-20)22-15-30(12-13-30)23-17-35(22)27(39)36(23)40-18-19-10-8-7-9-11-19/h7-11,14,22-24,31H,12-13,15-18H2,1-6H3,(H,32,37)(H,33,38)/t22-,23+/m0/s1. The van der Waals surface area contributed by atoms with Crippen molar-refractivity contribution in [1.82, 2.24) is 31.1 Å². The second kappa shape index (κ2) is 11.7. The van der Waals surface area contributed by atoms with E-state index in [2.05, 4.69) is 21.1 Å². The molecule has 0 unspecified atom stereocenters. The molecule has 1 aliphatic carbocycles. The third kappa shape index (κ3) is 7.57. The lowest BCUT2D eigenvalue weighted by atomic mass is 9.84. The Morgan fingerprint density at radius 2 is 1.67 bits per heavy atom.